The summed E-state index contributed by atoms with van der Waals surface area (Å²) in [5.74, 6) is 1.24. The molecule has 0 N–H and O–H groups in total. The van der Waals surface area contributed by atoms with Crippen molar-refractivity contribution in [1.29, 1.82) is 0 Å². The summed E-state index contributed by atoms with van der Waals surface area (Å²) in [7, 11) is 0. The molecule has 0 amide bonds. The first kappa shape index (κ1) is 18.2. The summed E-state index contributed by atoms with van der Waals surface area (Å²) in [5.41, 5.74) is 0.510. The van der Waals surface area contributed by atoms with Gasteiger partial charge in [-0.25, -0.2) is 8.78 Å². The Morgan fingerprint density at radius 2 is 1.67 bits per heavy atom. The largest absolute Gasteiger partial charge is 0.494 e. The van der Waals surface area contributed by atoms with Gasteiger partial charge >= 0.3 is 0 Å². The summed E-state index contributed by atoms with van der Waals surface area (Å²) in [4.78, 5) is 0. The first-order valence-electron chi connectivity index (χ1n) is 8.31. The average Bonchev–Trinajstić information content (AvgIpc) is 2.47. The van der Waals surface area contributed by atoms with E-state index < -0.39 is 12.3 Å². The third-order valence-electron chi connectivity index (χ3n) is 4.22. The lowest BCUT2D eigenvalue weighted by Crippen LogP contribution is -2.26. The number of ether oxygens (including phenoxy) is 1. The van der Waals surface area contributed by atoms with Gasteiger partial charge in [0.1, 0.15) is 5.76 Å². The molecule has 0 aromatic carbocycles. The molecule has 21 heavy (non-hydrogen) atoms. The van der Waals surface area contributed by atoms with Crippen LogP contribution in [0.25, 0.3) is 0 Å². The fraction of sp³-hybridized carbons (Fsp3) is 0.778. The van der Waals surface area contributed by atoms with Crippen LogP contribution in [0.2, 0.25) is 0 Å². The molecule has 0 aromatic rings. The second-order valence-electron chi connectivity index (χ2n) is 6.36. The molecule has 0 spiro atoms. The fourth-order valence-electron chi connectivity index (χ4n) is 2.67. The van der Waals surface area contributed by atoms with E-state index in [0.717, 1.165) is 12.3 Å². The van der Waals surface area contributed by atoms with Crippen LogP contribution in [0, 0.1) is 11.8 Å². The maximum atomic E-state index is 13.9. The van der Waals surface area contributed by atoms with Crippen molar-refractivity contribution in [3.05, 3.63) is 23.5 Å². The number of allylic oxidation sites excluding steroid dienone is 4. The van der Waals surface area contributed by atoms with Crippen molar-refractivity contribution in [3.8, 4) is 0 Å². The molecule has 0 saturated heterocycles. The standard InChI is InChI=1S/C18H30F2O/c1-5-7-13(3)8-9-14(4)12-21-16-11-10-15(6-2)17(19)18(16)20/h10-11,13-14,17-18H,5-9,12H2,1-4H3. The number of alkyl halides is 2. The van der Waals surface area contributed by atoms with E-state index >= 15 is 0 Å². The van der Waals surface area contributed by atoms with Crippen molar-refractivity contribution in [2.75, 3.05) is 6.61 Å². The molecule has 4 unspecified atom stereocenters. The van der Waals surface area contributed by atoms with Crippen molar-refractivity contribution in [2.24, 2.45) is 11.8 Å². The van der Waals surface area contributed by atoms with Crippen LogP contribution < -0.4 is 0 Å². The van der Waals surface area contributed by atoms with E-state index in [9.17, 15) is 8.78 Å². The summed E-state index contributed by atoms with van der Waals surface area (Å²) < 4.78 is 33.2. The van der Waals surface area contributed by atoms with E-state index in [0.29, 0.717) is 24.5 Å². The molecule has 0 aromatic heterocycles. The first-order valence-corrected chi connectivity index (χ1v) is 8.31. The van der Waals surface area contributed by atoms with Gasteiger partial charge in [-0.3, -0.25) is 0 Å². The molecule has 1 nitrogen and oxygen atoms in total. The lowest BCUT2D eigenvalue weighted by atomic mass is 9.95. The maximum Gasteiger partial charge on any atom is 0.192 e. The average molecular weight is 300 g/mol. The van der Waals surface area contributed by atoms with Gasteiger partial charge in [0.25, 0.3) is 0 Å². The van der Waals surface area contributed by atoms with Crippen LogP contribution in [0.15, 0.2) is 23.5 Å². The van der Waals surface area contributed by atoms with Gasteiger partial charge in [0.2, 0.25) is 0 Å². The van der Waals surface area contributed by atoms with Gasteiger partial charge in [-0.2, -0.15) is 0 Å². The van der Waals surface area contributed by atoms with Crippen LogP contribution in [-0.4, -0.2) is 19.0 Å². The minimum absolute atomic E-state index is 0.146. The van der Waals surface area contributed by atoms with E-state index in [1.165, 1.54) is 19.3 Å². The van der Waals surface area contributed by atoms with Crippen LogP contribution in [0.1, 0.15) is 59.8 Å². The second-order valence-corrected chi connectivity index (χ2v) is 6.36. The highest BCUT2D eigenvalue weighted by Crippen LogP contribution is 2.28. The minimum Gasteiger partial charge on any atom is -0.494 e. The van der Waals surface area contributed by atoms with Crippen molar-refractivity contribution < 1.29 is 13.5 Å². The van der Waals surface area contributed by atoms with Gasteiger partial charge < -0.3 is 4.74 Å². The quantitative estimate of drug-likeness (QED) is 0.525. The van der Waals surface area contributed by atoms with Crippen molar-refractivity contribution in [3.63, 3.8) is 0 Å². The monoisotopic (exact) mass is 300 g/mol. The zero-order chi connectivity index (χ0) is 15.8. The van der Waals surface area contributed by atoms with E-state index in [-0.39, 0.29) is 5.76 Å². The third kappa shape index (κ3) is 5.80. The number of hydrogen-bond acceptors (Lipinski definition) is 1. The molecule has 1 aliphatic carbocycles. The van der Waals surface area contributed by atoms with Crippen LogP contribution in [0.4, 0.5) is 8.78 Å². The van der Waals surface area contributed by atoms with Gasteiger partial charge in [-0.1, -0.05) is 53.0 Å². The molecular weight excluding hydrogens is 270 g/mol. The molecule has 122 valence electrons. The highest BCUT2D eigenvalue weighted by molar-refractivity contribution is 5.28. The Morgan fingerprint density at radius 3 is 2.29 bits per heavy atom. The topological polar surface area (TPSA) is 9.23 Å². The highest BCUT2D eigenvalue weighted by Gasteiger charge is 2.31. The van der Waals surface area contributed by atoms with Gasteiger partial charge in [0.05, 0.1) is 6.61 Å². The molecule has 0 radical (unpaired) electrons. The Hall–Kier alpha value is -0.860. The Bertz CT molecular complexity index is 362. The molecule has 0 fully saturated rings. The fourth-order valence-corrected chi connectivity index (χ4v) is 2.67. The molecule has 1 aliphatic rings. The Morgan fingerprint density at radius 1 is 1.00 bits per heavy atom. The normalized spacial score (nSPS) is 25.0. The molecule has 4 atom stereocenters. The van der Waals surface area contributed by atoms with E-state index in [1.54, 1.807) is 12.2 Å². The van der Waals surface area contributed by atoms with E-state index in [2.05, 4.69) is 20.8 Å². The molecule has 0 bridgehead atoms. The molecule has 0 aliphatic heterocycles. The lowest BCUT2D eigenvalue weighted by Gasteiger charge is -2.24. The summed E-state index contributed by atoms with van der Waals surface area (Å²) in [6.45, 7) is 8.88. The van der Waals surface area contributed by atoms with E-state index in [4.69, 9.17) is 4.74 Å². The zero-order valence-electron chi connectivity index (χ0n) is 13.9. The SMILES string of the molecule is CCCC(C)CCC(C)COC1=CC=C(CC)C(F)C1F. The summed E-state index contributed by atoms with van der Waals surface area (Å²) >= 11 is 0. The molecule has 0 heterocycles. The Balaban J connectivity index is 2.37. The van der Waals surface area contributed by atoms with Crippen LogP contribution in [0.5, 0.6) is 0 Å². The zero-order valence-corrected chi connectivity index (χ0v) is 13.9. The van der Waals surface area contributed by atoms with Crippen molar-refractivity contribution in [2.45, 2.75) is 72.1 Å². The maximum absolute atomic E-state index is 13.9. The number of rotatable bonds is 9. The highest BCUT2D eigenvalue weighted by atomic mass is 19.2. The second kappa shape index (κ2) is 9.22. The number of hydrogen-bond donors (Lipinski definition) is 0. The Labute approximate surface area is 128 Å². The molecule has 0 saturated carbocycles. The van der Waals surface area contributed by atoms with Gasteiger partial charge in [-0.15, -0.1) is 0 Å². The molecular formula is C18H30F2O. The first-order chi connectivity index (χ1) is 9.99. The molecule has 3 heteroatoms. The summed E-state index contributed by atoms with van der Waals surface area (Å²) in [5, 5.41) is 0. The van der Waals surface area contributed by atoms with Crippen LogP contribution in [-0.2, 0) is 4.74 Å². The predicted molar refractivity (Wildman–Crippen MR) is 84.7 cm³/mol. The van der Waals surface area contributed by atoms with Crippen LogP contribution in [0.3, 0.4) is 0 Å². The van der Waals surface area contributed by atoms with Gasteiger partial charge in [0, 0.05) is 0 Å². The van der Waals surface area contributed by atoms with Gasteiger partial charge in [-0.05, 0) is 36.3 Å². The van der Waals surface area contributed by atoms with Crippen molar-refractivity contribution in [1.82, 2.24) is 0 Å². The van der Waals surface area contributed by atoms with Crippen LogP contribution >= 0.6 is 0 Å². The predicted octanol–water partition coefficient (Wildman–Crippen LogP) is 5.77. The van der Waals surface area contributed by atoms with Crippen molar-refractivity contribution >= 4 is 0 Å². The Kier molecular flexibility index (Phi) is 7.98. The minimum atomic E-state index is -1.64. The lowest BCUT2D eigenvalue weighted by molar-refractivity contribution is 0.0925. The smallest absolute Gasteiger partial charge is 0.192 e. The van der Waals surface area contributed by atoms with Gasteiger partial charge in [0.15, 0.2) is 12.3 Å². The summed E-state index contributed by atoms with van der Waals surface area (Å²) in [6, 6.07) is 0. The molecule has 1 rings (SSSR count). The summed E-state index contributed by atoms with van der Waals surface area (Å²) in [6.07, 6.45) is 5.30. The number of halogens is 2. The third-order valence-corrected chi connectivity index (χ3v) is 4.22. The van der Waals surface area contributed by atoms with E-state index in [1.807, 2.05) is 6.92 Å².